The molecule has 9 nitrogen and oxygen atoms in total. The van der Waals surface area contributed by atoms with Gasteiger partial charge in [0.1, 0.15) is 11.5 Å². The predicted molar refractivity (Wildman–Crippen MR) is 131 cm³/mol. The molecule has 2 aromatic rings. The number of carbonyl (C=O) groups is 5. The monoisotopic (exact) mass is 507 g/mol. The molecule has 0 radical (unpaired) electrons. The van der Waals surface area contributed by atoms with Crippen LogP contribution in [0.25, 0.3) is 0 Å². The number of hydrogen-bond donors (Lipinski definition) is 0. The summed E-state index contributed by atoms with van der Waals surface area (Å²) in [6.07, 6.45) is 2.15. The van der Waals surface area contributed by atoms with Crippen molar-refractivity contribution in [1.82, 2.24) is 4.90 Å². The number of Topliss-reactive ketones (excluding diaryl/α,β-unsaturated/α-hetero) is 1. The summed E-state index contributed by atoms with van der Waals surface area (Å²) in [5.41, 5.74) is 0.592. The summed E-state index contributed by atoms with van der Waals surface area (Å²) in [5, 5.41) is 0. The van der Waals surface area contributed by atoms with Crippen LogP contribution in [0.4, 0.5) is 0 Å². The Morgan fingerprint density at radius 1 is 0.919 bits per heavy atom. The molecule has 0 N–H and O–H groups in total. The van der Waals surface area contributed by atoms with Gasteiger partial charge in [0.15, 0.2) is 12.4 Å². The largest absolute Gasteiger partial charge is 0.497 e. The fraction of sp³-hybridized carbons (Fsp3) is 0.393. The molecule has 1 saturated carbocycles. The molecule has 0 aromatic heterocycles. The van der Waals surface area contributed by atoms with E-state index in [1.807, 2.05) is 0 Å². The van der Waals surface area contributed by atoms with Crippen LogP contribution in [-0.4, -0.2) is 54.7 Å². The summed E-state index contributed by atoms with van der Waals surface area (Å²) < 4.78 is 15.5. The summed E-state index contributed by atoms with van der Waals surface area (Å²) >= 11 is 0. The molecule has 2 amide bonds. The third-order valence-electron chi connectivity index (χ3n) is 6.87. The summed E-state index contributed by atoms with van der Waals surface area (Å²) in [6, 6.07) is 12.4. The smallest absolute Gasteiger partial charge is 0.343 e. The molecule has 1 aliphatic heterocycles. The number of imide groups is 1. The van der Waals surface area contributed by atoms with Crippen LogP contribution in [0.5, 0.6) is 11.5 Å². The molecule has 0 spiro atoms. The molecule has 2 aromatic carbocycles. The maximum Gasteiger partial charge on any atom is 0.343 e. The van der Waals surface area contributed by atoms with Crippen molar-refractivity contribution in [1.29, 1.82) is 0 Å². The highest BCUT2D eigenvalue weighted by atomic mass is 16.5. The first-order chi connectivity index (χ1) is 17.8. The molecule has 4 rings (SSSR count). The van der Waals surface area contributed by atoms with Crippen molar-refractivity contribution in [3.05, 3.63) is 59.7 Å². The van der Waals surface area contributed by atoms with Gasteiger partial charge in [-0.1, -0.05) is 13.0 Å². The molecule has 1 heterocycles. The topological polar surface area (TPSA) is 116 Å². The van der Waals surface area contributed by atoms with Gasteiger partial charge in [-0.15, -0.1) is 0 Å². The van der Waals surface area contributed by atoms with Gasteiger partial charge in [0.2, 0.25) is 11.8 Å². The second-order valence-corrected chi connectivity index (χ2v) is 9.44. The molecule has 2 fully saturated rings. The fourth-order valence-electron chi connectivity index (χ4n) is 4.81. The third kappa shape index (κ3) is 6.04. The average Bonchev–Trinajstić information content (AvgIpc) is 3.14. The van der Waals surface area contributed by atoms with E-state index in [-0.39, 0.29) is 47.9 Å². The number of methoxy groups -OCH3 is 1. The van der Waals surface area contributed by atoms with E-state index in [4.69, 9.17) is 14.2 Å². The van der Waals surface area contributed by atoms with Gasteiger partial charge in [-0.2, -0.15) is 0 Å². The van der Waals surface area contributed by atoms with Crippen LogP contribution >= 0.6 is 0 Å². The molecule has 194 valence electrons. The number of esters is 2. The highest BCUT2D eigenvalue weighted by Crippen LogP contribution is 2.40. The lowest BCUT2D eigenvalue weighted by atomic mass is 9.76. The van der Waals surface area contributed by atoms with Crippen molar-refractivity contribution in [3.8, 4) is 11.5 Å². The van der Waals surface area contributed by atoms with Crippen LogP contribution in [0.1, 0.15) is 53.3 Å². The Morgan fingerprint density at radius 2 is 1.65 bits per heavy atom. The minimum Gasteiger partial charge on any atom is -0.497 e. The number of fused-ring (bicyclic) bond motifs is 1. The van der Waals surface area contributed by atoms with E-state index in [2.05, 4.69) is 6.92 Å². The van der Waals surface area contributed by atoms with Gasteiger partial charge in [0, 0.05) is 12.1 Å². The highest BCUT2D eigenvalue weighted by molar-refractivity contribution is 6.05. The minimum absolute atomic E-state index is 0.0422. The molecule has 1 saturated heterocycles. The first-order valence-corrected chi connectivity index (χ1v) is 12.3. The third-order valence-corrected chi connectivity index (χ3v) is 6.87. The number of nitrogens with zero attached hydrogens (tertiary/aromatic N) is 1. The quantitative estimate of drug-likeness (QED) is 0.219. The number of rotatable bonds is 9. The number of likely N-dealkylation sites (tertiary alicyclic amines) is 1. The second kappa shape index (κ2) is 11.4. The molecule has 0 bridgehead atoms. The van der Waals surface area contributed by atoms with Gasteiger partial charge >= 0.3 is 11.9 Å². The van der Waals surface area contributed by atoms with Crippen LogP contribution in [0.2, 0.25) is 0 Å². The van der Waals surface area contributed by atoms with Crippen LogP contribution in [0.3, 0.4) is 0 Å². The molecule has 37 heavy (non-hydrogen) atoms. The van der Waals surface area contributed by atoms with Gasteiger partial charge in [0.25, 0.3) is 0 Å². The number of hydrogen-bond acceptors (Lipinski definition) is 8. The lowest BCUT2D eigenvalue weighted by Crippen LogP contribution is -2.33. The van der Waals surface area contributed by atoms with Crippen molar-refractivity contribution in [2.75, 3.05) is 20.3 Å². The van der Waals surface area contributed by atoms with Crippen LogP contribution in [0.15, 0.2) is 48.5 Å². The number of ketones is 1. The SMILES string of the molecule is COc1cccc(C(=O)Oc2ccc(C(=O)COC(=O)CCN3C(=O)C4CCC(C)CC4C3=O)cc2)c1. The summed E-state index contributed by atoms with van der Waals surface area (Å²) in [4.78, 5) is 63.3. The standard InChI is InChI=1S/C28H29NO8/c1-17-6-11-22-23(14-17)27(33)29(26(22)32)13-12-25(31)36-16-24(30)18-7-9-20(10-8-18)37-28(34)19-4-3-5-21(15-19)35-2/h3-5,7-10,15,17,22-23H,6,11-14,16H2,1-2H3. The van der Waals surface area contributed by atoms with Gasteiger partial charge < -0.3 is 14.2 Å². The zero-order valence-electron chi connectivity index (χ0n) is 20.8. The predicted octanol–water partition coefficient (Wildman–Crippen LogP) is 3.45. The number of amides is 2. The molecule has 3 atom stereocenters. The van der Waals surface area contributed by atoms with Crippen molar-refractivity contribution in [2.45, 2.75) is 32.6 Å². The zero-order chi connectivity index (χ0) is 26.5. The first kappa shape index (κ1) is 26.1. The molecule has 9 heteroatoms. The summed E-state index contributed by atoms with van der Waals surface area (Å²) in [5.74, 6) is -1.49. The van der Waals surface area contributed by atoms with Gasteiger partial charge in [-0.05, 0) is 67.6 Å². The van der Waals surface area contributed by atoms with Gasteiger partial charge in [0.05, 0.1) is 30.9 Å². The fourth-order valence-corrected chi connectivity index (χ4v) is 4.81. The van der Waals surface area contributed by atoms with Crippen molar-refractivity contribution in [2.24, 2.45) is 17.8 Å². The van der Waals surface area contributed by atoms with Gasteiger partial charge in [-0.3, -0.25) is 24.1 Å². The van der Waals surface area contributed by atoms with Crippen LogP contribution < -0.4 is 9.47 Å². The Labute approximate surface area is 214 Å². The number of benzene rings is 2. The average molecular weight is 508 g/mol. The van der Waals surface area contributed by atoms with Crippen molar-refractivity contribution < 1.29 is 38.2 Å². The Hall–Kier alpha value is -4.01. The van der Waals surface area contributed by atoms with Gasteiger partial charge in [-0.25, -0.2) is 4.79 Å². The lowest BCUT2D eigenvalue weighted by Gasteiger charge is -2.25. The number of carbonyl (C=O) groups excluding carboxylic acids is 5. The van der Waals surface area contributed by atoms with Crippen molar-refractivity contribution >= 4 is 29.5 Å². The zero-order valence-corrected chi connectivity index (χ0v) is 20.8. The van der Waals surface area contributed by atoms with Crippen molar-refractivity contribution in [3.63, 3.8) is 0 Å². The van der Waals surface area contributed by atoms with Crippen LogP contribution in [0, 0.1) is 17.8 Å². The summed E-state index contributed by atoms with van der Waals surface area (Å²) in [6.45, 7) is 1.55. The Balaban J connectivity index is 1.23. The molecular weight excluding hydrogens is 478 g/mol. The van der Waals surface area contributed by atoms with E-state index in [1.54, 1.807) is 24.3 Å². The normalized spacial score (nSPS) is 20.8. The maximum atomic E-state index is 12.6. The Bertz CT molecular complexity index is 1200. The maximum absolute atomic E-state index is 12.6. The van der Waals surface area contributed by atoms with E-state index >= 15 is 0 Å². The molecule has 1 aliphatic carbocycles. The lowest BCUT2D eigenvalue weighted by molar-refractivity contribution is -0.145. The Kier molecular flexibility index (Phi) is 8.01. The van der Waals surface area contributed by atoms with E-state index in [9.17, 15) is 24.0 Å². The molecular formula is C28H29NO8. The van der Waals surface area contributed by atoms with E-state index < -0.39 is 24.3 Å². The summed E-state index contributed by atoms with van der Waals surface area (Å²) in [7, 11) is 1.50. The molecule has 3 unspecified atom stereocenters. The molecule has 2 aliphatic rings. The number of ether oxygens (including phenoxy) is 3. The Morgan fingerprint density at radius 3 is 2.38 bits per heavy atom. The first-order valence-electron chi connectivity index (χ1n) is 12.3. The van der Waals surface area contributed by atoms with E-state index in [0.29, 0.717) is 30.1 Å². The van der Waals surface area contributed by atoms with Crippen LogP contribution in [-0.2, 0) is 19.1 Å². The van der Waals surface area contributed by atoms with E-state index in [1.165, 1.54) is 36.3 Å². The minimum atomic E-state index is -0.666. The second-order valence-electron chi connectivity index (χ2n) is 9.44. The highest BCUT2D eigenvalue weighted by Gasteiger charge is 2.49. The van der Waals surface area contributed by atoms with E-state index in [0.717, 1.165) is 6.42 Å².